The van der Waals surface area contributed by atoms with Crippen LogP contribution in [-0.2, 0) is 0 Å². The molecule has 4 aliphatic rings. The van der Waals surface area contributed by atoms with Gasteiger partial charge in [0.25, 0.3) is 0 Å². The van der Waals surface area contributed by atoms with Crippen molar-refractivity contribution in [3.63, 3.8) is 0 Å². The summed E-state index contributed by atoms with van der Waals surface area (Å²) in [5.74, 6) is 5.20. The zero-order valence-corrected chi connectivity index (χ0v) is 14.5. The first-order valence-corrected chi connectivity index (χ1v) is 9.17. The number of nitrogens with two attached hydrogens (primary N) is 2. The lowest BCUT2D eigenvalue weighted by molar-refractivity contribution is -0.268. The summed E-state index contributed by atoms with van der Waals surface area (Å²) in [4.78, 5) is 0. The first-order chi connectivity index (χ1) is 12.1. The number of fused-ring (bicyclic) bond motifs is 5. The molecule has 0 spiro atoms. The van der Waals surface area contributed by atoms with Crippen molar-refractivity contribution in [1.82, 2.24) is 5.23 Å². The van der Waals surface area contributed by atoms with Crippen LogP contribution in [-0.4, -0.2) is 54.8 Å². The van der Waals surface area contributed by atoms with Gasteiger partial charge in [0.2, 0.25) is 0 Å². The van der Waals surface area contributed by atoms with Crippen molar-refractivity contribution < 1.29 is 20.5 Å². The van der Waals surface area contributed by atoms with Crippen molar-refractivity contribution in [1.29, 1.82) is 0 Å². The fraction of sp³-hybridized carbons (Fsp3) is 0.778. The van der Waals surface area contributed by atoms with Crippen molar-refractivity contribution in [3.05, 3.63) is 16.9 Å². The highest BCUT2D eigenvalue weighted by molar-refractivity contribution is 5.42. The lowest BCUT2D eigenvalue weighted by Gasteiger charge is -2.59. The molecule has 0 aromatic heterocycles. The highest BCUT2D eigenvalue weighted by Gasteiger charge is 2.67. The number of rotatable bonds is 1. The van der Waals surface area contributed by atoms with Crippen LogP contribution in [0.5, 0.6) is 0 Å². The smallest absolute Gasteiger partial charge is 0.147 e. The molecule has 4 rings (SSSR count). The molecule has 0 bridgehead atoms. The van der Waals surface area contributed by atoms with Gasteiger partial charge in [0.1, 0.15) is 11.3 Å². The van der Waals surface area contributed by atoms with Crippen LogP contribution in [0, 0.1) is 34.8 Å². The molecule has 0 radical (unpaired) electrons. The molecule has 8 unspecified atom stereocenters. The Balaban J connectivity index is 1.76. The Hall–Kier alpha value is -1.02. The minimum absolute atomic E-state index is 0.0365. The molecule has 0 saturated heterocycles. The van der Waals surface area contributed by atoms with Crippen molar-refractivity contribution in [2.45, 2.75) is 67.5 Å². The van der Waals surface area contributed by atoms with Gasteiger partial charge in [-0.15, -0.1) is 0 Å². The summed E-state index contributed by atoms with van der Waals surface area (Å²) in [6.07, 6.45) is 2.11. The number of hydroxylamine groups is 2. The SMILES string of the molecule is NC12C#CCC(O)C=C1CCC1C2C(O)CC2(N)C1CCC2(O)N([O-])O. The van der Waals surface area contributed by atoms with E-state index < -0.39 is 40.2 Å². The summed E-state index contributed by atoms with van der Waals surface area (Å²) >= 11 is 0. The van der Waals surface area contributed by atoms with Gasteiger partial charge in [0.05, 0.1) is 17.7 Å². The molecule has 3 fully saturated rings. The maximum absolute atomic E-state index is 11.6. The van der Waals surface area contributed by atoms with Crippen LogP contribution in [0.25, 0.3) is 0 Å². The third-order valence-corrected chi connectivity index (χ3v) is 7.27. The molecular weight excluding hydrogens is 338 g/mol. The van der Waals surface area contributed by atoms with Gasteiger partial charge in [-0.2, -0.15) is 0 Å². The predicted molar refractivity (Wildman–Crippen MR) is 91.8 cm³/mol. The lowest BCUT2D eigenvalue weighted by Crippen LogP contribution is -2.73. The standard InChI is InChI=1S/C18H26N3O5/c19-16-6-1-2-11(22)8-10(16)3-4-12-13-5-7-18(24,21(25)26)17(13,20)9-14(23)15(12)16/h8,11-15,22-25H,2-5,7,9,19-20H2/q-1. The Labute approximate surface area is 152 Å². The van der Waals surface area contributed by atoms with Gasteiger partial charge in [0.15, 0.2) is 0 Å². The van der Waals surface area contributed by atoms with Gasteiger partial charge in [-0.05, 0) is 49.5 Å². The minimum Gasteiger partial charge on any atom is -0.760 e. The molecule has 8 atom stereocenters. The fourth-order valence-electron chi connectivity index (χ4n) is 6.08. The van der Waals surface area contributed by atoms with Gasteiger partial charge in [-0.3, -0.25) is 0 Å². The third kappa shape index (κ3) is 2.20. The Morgan fingerprint density at radius 2 is 2.00 bits per heavy atom. The normalized spacial score (nSPS) is 52.9. The number of aliphatic hydroxyl groups is 3. The molecule has 26 heavy (non-hydrogen) atoms. The van der Waals surface area contributed by atoms with E-state index in [4.69, 9.17) is 11.5 Å². The molecule has 8 N–H and O–H groups in total. The van der Waals surface area contributed by atoms with Crippen molar-refractivity contribution >= 4 is 0 Å². The molecule has 0 amide bonds. The summed E-state index contributed by atoms with van der Waals surface area (Å²) in [5, 5.41) is 52.4. The molecule has 0 aromatic carbocycles. The zero-order chi connectivity index (χ0) is 18.9. The van der Waals surface area contributed by atoms with E-state index in [-0.39, 0.29) is 24.7 Å². The number of aliphatic hydroxyl groups excluding tert-OH is 2. The molecule has 0 aromatic rings. The Morgan fingerprint density at radius 1 is 1.27 bits per heavy atom. The van der Waals surface area contributed by atoms with Gasteiger partial charge >= 0.3 is 0 Å². The molecule has 8 nitrogen and oxygen atoms in total. The summed E-state index contributed by atoms with van der Waals surface area (Å²) in [7, 11) is 0. The van der Waals surface area contributed by atoms with E-state index in [2.05, 4.69) is 11.8 Å². The second kappa shape index (κ2) is 5.74. The third-order valence-electron chi connectivity index (χ3n) is 7.27. The van der Waals surface area contributed by atoms with E-state index >= 15 is 0 Å². The van der Waals surface area contributed by atoms with Crippen LogP contribution < -0.4 is 11.5 Å². The topological polar surface area (TPSA) is 159 Å². The first-order valence-electron chi connectivity index (χ1n) is 9.17. The maximum atomic E-state index is 11.6. The Bertz CT molecular complexity index is 703. The molecular formula is C18H26N3O5-. The number of hydrogen-bond acceptors (Lipinski definition) is 8. The van der Waals surface area contributed by atoms with Crippen molar-refractivity contribution in [3.8, 4) is 11.8 Å². The fourth-order valence-corrected chi connectivity index (χ4v) is 6.08. The van der Waals surface area contributed by atoms with E-state index in [1.807, 2.05) is 0 Å². The molecule has 4 aliphatic carbocycles. The van der Waals surface area contributed by atoms with Crippen LogP contribution in [0.15, 0.2) is 11.6 Å². The zero-order valence-electron chi connectivity index (χ0n) is 14.5. The highest BCUT2D eigenvalue weighted by atomic mass is 16.8. The highest BCUT2D eigenvalue weighted by Crippen LogP contribution is 2.59. The van der Waals surface area contributed by atoms with Crippen LogP contribution in [0.1, 0.15) is 38.5 Å². The predicted octanol–water partition coefficient (Wildman–Crippen LogP) is -0.846. The molecule has 8 heteroatoms. The van der Waals surface area contributed by atoms with E-state index in [0.29, 0.717) is 25.7 Å². The summed E-state index contributed by atoms with van der Waals surface area (Å²) in [6, 6.07) is 0. The molecule has 0 heterocycles. The monoisotopic (exact) mass is 364 g/mol. The van der Waals surface area contributed by atoms with Gasteiger partial charge < -0.3 is 37.2 Å². The second-order valence-corrected chi connectivity index (χ2v) is 8.41. The lowest BCUT2D eigenvalue weighted by atomic mass is 9.51. The van der Waals surface area contributed by atoms with Gasteiger partial charge in [-0.1, -0.05) is 17.9 Å². The summed E-state index contributed by atoms with van der Waals surface area (Å²) in [5.41, 5.74) is 9.39. The largest absolute Gasteiger partial charge is 0.760 e. The van der Waals surface area contributed by atoms with E-state index in [1.165, 1.54) is 0 Å². The quantitative estimate of drug-likeness (QED) is 0.152. The van der Waals surface area contributed by atoms with Crippen molar-refractivity contribution in [2.24, 2.45) is 29.2 Å². The van der Waals surface area contributed by atoms with Gasteiger partial charge in [-0.25, -0.2) is 5.23 Å². The van der Waals surface area contributed by atoms with Crippen LogP contribution in [0.2, 0.25) is 0 Å². The van der Waals surface area contributed by atoms with Gasteiger partial charge in [0, 0.05) is 12.3 Å². The summed E-state index contributed by atoms with van der Waals surface area (Å²) < 4.78 is 0. The van der Waals surface area contributed by atoms with E-state index in [9.17, 15) is 25.7 Å². The first kappa shape index (κ1) is 18.3. The summed E-state index contributed by atoms with van der Waals surface area (Å²) in [6.45, 7) is 0. The Morgan fingerprint density at radius 3 is 2.69 bits per heavy atom. The maximum Gasteiger partial charge on any atom is 0.147 e. The Kier molecular flexibility index (Phi) is 4.05. The second-order valence-electron chi connectivity index (χ2n) is 8.41. The molecule has 0 aliphatic heterocycles. The average molecular weight is 364 g/mol. The van der Waals surface area contributed by atoms with Crippen LogP contribution in [0.4, 0.5) is 0 Å². The number of nitrogens with zero attached hydrogens (tertiary/aromatic N) is 1. The van der Waals surface area contributed by atoms with E-state index in [1.54, 1.807) is 6.08 Å². The van der Waals surface area contributed by atoms with E-state index in [0.717, 1.165) is 5.57 Å². The van der Waals surface area contributed by atoms with Crippen molar-refractivity contribution in [2.75, 3.05) is 0 Å². The molecule has 144 valence electrons. The van der Waals surface area contributed by atoms with Crippen LogP contribution >= 0.6 is 0 Å². The average Bonchev–Trinajstić information content (AvgIpc) is 2.72. The minimum atomic E-state index is -2.12. The molecule has 3 saturated carbocycles. The van der Waals surface area contributed by atoms with Crippen LogP contribution in [0.3, 0.4) is 0 Å². The number of hydrogen-bond donors (Lipinski definition) is 6.